The molecule has 6 unspecified atom stereocenters. The Morgan fingerprint density at radius 2 is 1.43 bits per heavy atom. The second-order valence-electron chi connectivity index (χ2n) is 11.9. The molecule has 2 aliphatic heterocycles. The number of rotatable bonds is 23. The third-order valence-corrected chi connectivity index (χ3v) is 17.8. The molecule has 0 saturated carbocycles. The van der Waals surface area contributed by atoms with Crippen LogP contribution in [0.5, 0.6) is 0 Å². The van der Waals surface area contributed by atoms with Crippen LogP contribution in [-0.2, 0) is 35.2 Å². The van der Waals surface area contributed by atoms with E-state index in [0.29, 0.717) is 44.8 Å². The van der Waals surface area contributed by atoms with Crippen molar-refractivity contribution in [2.75, 3.05) is 13.1 Å². The number of nitrogens with one attached hydrogen (secondary N) is 5. The summed E-state index contributed by atoms with van der Waals surface area (Å²) in [6, 6.07) is 6.27. The first-order valence-electron chi connectivity index (χ1n) is 16.4. The monoisotopic (exact) mass is 821 g/mol. The van der Waals surface area contributed by atoms with Crippen molar-refractivity contribution >= 4 is 102 Å². The normalized spacial score (nSPS) is 26.5. The van der Waals surface area contributed by atoms with Gasteiger partial charge in [-0.3, -0.25) is 30.9 Å². The van der Waals surface area contributed by atoms with Gasteiger partial charge >= 0.3 is 0 Å². The van der Waals surface area contributed by atoms with E-state index in [1.54, 1.807) is 32.4 Å². The van der Waals surface area contributed by atoms with Gasteiger partial charge in [0, 0.05) is 6.42 Å². The van der Waals surface area contributed by atoms with E-state index < -0.39 is 58.2 Å². The van der Waals surface area contributed by atoms with Gasteiger partial charge in [-0.25, -0.2) is 0 Å². The van der Waals surface area contributed by atoms with E-state index in [9.17, 15) is 33.9 Å². The number of aliphatic hydroxyl groups is 1. The zero-order chi connectivity index (χ0) is 37.2. The molecule has 1 aromatic rings. The summed E-state index contributed by atoms with van der Waals surface area (Å²) in [6.45, 7) is 2.00. The van der Waals surface area contributed by atoms with Crippen LogP contribution < -0.4 is 38.1 Å². The van der Waals surface area contributed by atoms with Crippen molar-refractivity contribution in [1.29, 1.82) is 0 Å². The molecular weight excluding hydrogens is 775 g/mol. The first-order valence-corrected chi connectivity index (χ1v) is 23.2. The highest BCUT2D eigenvalue weighted by atomic mass is 33.1. The molecule has 2 fully saturated rings. The zero-order valence-electron chi connectivity index (χ0n) is 28.0. The highest BCUT2D eigenvalue weighted by molar-refractivity contribution is 8.82. The van der Waals surface area contributed by atoms with Crippen LogP contribution in [0.15, 0.2) is 30.3 Å². The number of carbonyl (C=O) groups is 6. The van der Waals surface area contributed by atoms with E-state index >= 15 is 0 Å². The van der Waals surface area contributed by atoms with Crippen LogP contribution in [0.4, 0.5) is 0 Å². The summed E-state index contributed by atoms with van der Waals surface area (Å²) in [7, 11) is 9.13. The molecule has 14 nitrogen and oxygen atoms in total. The van der Waals surface area contributed by atoms with Crippen molar-refractivity contribution in [3.63, 3.8) is 0 Å². The average Bonchev–Trinajstić information content (AvgIpc) is 3.54. The number of nitrogens with two attached hydrogens (primary N) is 2. The number of primary amides is 1. The van der Waals surface area contributed by atoms with Crippen molar-refractivity contribution in [2.45, 2.75) is 101 Å². The Labute approximate surface area is 322 Å². The lowest BCUT2D eigenvalue weighted by Crippen LogP contribution is -2.57. The third-order valence-electron chi connectivity index (χ3n) is 7.81. The smallest absolute Gasteiger partial charge is 0.237 e. The number of carbonyl (C=O) groups excluding carboxylic acids is 6. The molecular formula is C31H47N7O7S6. The van der Waals surface area contributed by atoms with E-state index in [1.165, 1.54) is 39.3 Å². The van der Waals surface area contributed by atoms with Gasteiger partial charge in [0.2, 0.25) is 11.8 Å². The topological polar surface area (TPSA) is 235 Å². The predicted octanol–water partition coefficient (Wildman–Crippen LogP) is 0.572. The van der Waals surface area contributed by atoms with Crippen LogP contribution in [0.25, 0.3) is 0 Å². The van der Waals surface area contributed by atoms with Gasteiger partial charge in [0.25, 0.3) is 0 Å². The number of fused-ring (bicyclic) bond motifs is 1. The fraction of sp³-hybridized carbons (Fsp3) is 0.613. The fourth-order valence-corrected chi connectivity index (χ4v) is 17.4. The van der Waals surface area contributed by atoms with Gasteiger partial charge in [0.1, 0.15) is 31.2 Å². The summed E-state index contributed by atoms with van der Waals surface area (Å²) < 4.78 is 0. The second kappa shape index (κ2) is 24.2. The maximum absolute atomic E-state index is 13.7. The Morgan fingerprint density at radius 1 is 0.824 bits per heavy atom. The summed E-state index contributed by atoms with van der Waals surface area (Å²) >= 11 is 0. The quantitative estimate of drug-likeness (QED) is 0.0428. The van der Waals surface area contributed by atoms with Gasteiger partial charge in [-0.2, -0.15) is 0 Å². The summed E-state index contributed by atoms with van der Waals surface area (Å²) in [4.78, 5) is 73.0. The molecule has 2 heterocycles. The summed E-state index contributed by atoms with van der Waals surface area (Å²) in [5.41, 5.74) is 12.2. The van der Waals surface area contributed by atoms with Gasteiger partial charge in [0.15, 0.2) is 0 Å². The van der Waals surface area contributed by atoms with E-state index in [2.05, 4.69) is 26.6 Å². The van der Waals surface area contributed by atoms with E-state index in [4.69, 9.17) is 11.5 Å². The molecule has 2 amide bonds. The molecule has 2 aliphatic rings. The van der Waals surface area contributed by atoms with Crippen molar-refractivity contribution in [3.8, 4) is 0 Å². The summed E-state index contributed by atoms with van der Waals surface area (Å²) in [5.74, 6) is -1.10. The van der Waals surface area contributed by atoms with Crippen LogP contribution >= 0.6 is 64.8 Å². The number of benzene rings is 1. The fourth-order valence-electron chi connectivity index (χ4n) is 5.11. The lowest BCUT2D eigenvalue weighted by Gasteiger charge is -2.33. The zero-order valence-corrected chi connectivity index (χ0v) is 32.9. The highest BCUT2D eigenvalue weighted by Gasteiger charge is 2.46. The Bertz CT molecular complexity index is 1260. The van der Waals surface area contributed by atoms with E-state index in [1.807, 2.05) is 30.3 Å². The molecule has 0 aromatic heterocycles. The number of hydrogen-bond acceptors (Lipinski definition) is 18. The minimum atomic E-state index is -1.10. The summed E-state index contributed by atoms with van der Waals surface area (Å²) in [5, 5.41) is 24.6. The minimum absolute atomic E-state index is 0.105. The molecule has 0 bridgehead atoms. The Balaban J connectivity index is 2.01. The number of hydrogen-bond donors (Lipinski definition) is 8. The van der Waals surface area contributed by atoms with Crippen LogP contribution in [0.1, 0.15) is 38.2 Å². The van der Waals surface area contributed by atoms with Gasteiger partial charge in [-0.15, -0.1) is 0 Å². The molecule has 284 valence electrons. The molecule has 0 radical (unpaired) electrons. The number of aliphatic hydroxyl groups excluding tert-OH is 1. The minimum Gasteiger partial charge on any atom is -0.391 e. The standard InChI is InChI=1S/C31H47N7O7S6/c1-18(43)23(17-42)37-27(45)22(9-5-6-10-32)38-31-30(36-20(15-40)13-19-7-3-2-4-8-19)50-46-25-26(47-48-28(25)34-11-12-39)29(49-51-31)35-21(16-41)14-24(33)44/h2-4,7-8,12,15-18,20-23,25-26,28-31,34-36,38,43H,5-6,9-11,13-14,32H2,1H3,(H2,33,44)(H,37,45)/t18-,20+,21+,22+,23-,25?,26?,28?,29?,30?,31?/m1/s1. The van der Waals surface area contributed by atoms with E-state index in [0.717, 1.165) is 18.1 Å². The molecule has 0 spiro atoms. The molecule has 0 aliphatic carbocycles. The molecule has 2 saturated heterocycles. The summed E-state index contributed by atoms with van der Waals surface area (Å²) in [6.07, 6.45) is 3.60. The third kappa shape index (κ3) is 14.8. The Hall–Kier alpha value is -1.30. The maximum Gasteiger partial charge on any atom is 0.237 e. The van der Waals surface area contributed by atoms with Crippen LogP contribution in [-0.4, -0.2) is 117 Å². The molecule has 11 atom stereocenters. The molecule has 1 aromatic carbocycles. The second-order valence-corrected chi connectivity index (χ2v) is 19.6. The number of unbranched alkanes of at least 4 members (excludes halogenated alkanes) is 1. The largest absolute Gasteiger partial charge is 0.391 e. The Kier molecular flexibility index (Phi) is 20.9. The molecule has 3 rings (SSSR count). The molecule has 20 heteroatoms. The lowest BCUT2D eigenvalue weighted by atomic mass is 10.1. The lowest BCUT2D eigenvalue weighted by molar-refractivity contribution is -0.127. The SMILES string of the molecule is C[C@@H](O)[C@@H](C=O)NC(=O)[C@H](CCCCN)NC1SSC(N[C@H](C=O)CC(N)=O)C2SSC(NCC=O)C2SSC1N[C@H](C=O)Cc1ccccc1. The van der Waals surface area contributed by atoms with Gasteiger partial charge < -0.3 is 41.1 Å². The van der Waals surface area contributed by atoms with Crippen molar-refractivity contribution in [1.82, 2.24) is 26.6 Å². The van der Waals surface area contributed by atoms with Crippen LogP contribution in [0, 0.1) is 0 Å². The first kappa shape index (κ1) is 44.1. The maximum atomic E-state index is 13.7. The van der Waals surface area contributed by atoms with Gasteiger partial charge in [0.05, 0.1) is 62.8 Å². The van der Waals surface area contributed by atoms with Crippen molar-refractivity contribution in [2.24, 2.45) is 11.5 Å². The number of aldehydes is 4. The van der Waals surface area contributed by atoms with Crippen LogP contribution in [0.2, 0.25) is 0 Å². The highest BCUT2D eigenvalue weighted by Crippen LogP contribution is 2.56. The van der Waals surface area contributed by atoms with Gasteiger partial charge in [-0.1, -0.05) is 102 Å². The number of amides is 2. The average molecular weight is 822 g/mol. The molecule has 10 N–H and O–H groups in total. The first-order chi connectivity index (χ1) is 24.6. The van der Waals surface area contributed by atoms with Crippen molar-refractivity contribution in [3.05, 3.63) is 35.9 Å². The predicted molar refractivity (Wildman–Crippen MR) is 212 cm³/mol. The van der Waals surface area contributed by atoms with Gasteiger partial charge in [-0.05, 0) is 38.3 Å². The molecule has 51 heavy (non-hydrogen) atoms. The Morgan fingerprint density at radius 3 is 2.04 bits per heavy atom. The van der Waals surface area contributed by atoms with Crippen LogP contribution in [0.3, 0.4) is 0 Å². The van der Waals surface area contributed by atoms with Crippen molar-refractivity contribution < 1.29 is 33.9 Å². The van der Waals surface area contributed by atoms with E-state index in [-0.39, 0.29) is 28.8 Å².